The molecule has 4 rings (SSSR count). The molecule has 4 heteroatoms. The van der Waals surface area contributed by atoms with Gasteiger partial charge in [-0.15, -0.1) is 0 Å². The fourth-order valence-corrected chi connectivity index (χ4v) is 3.76. The van der Waals surface area contributed by atoms with Crippen molar-refractivity contribution >= 4 is 11.8 Å². The van der Waals surface area contributed by atoms with Crippen LogP contribution in [0.5, 0.6) is 0 Å². The minimum Gasteiger partial charge on any atom is -0.298 e. The first-order valence-electron chi connectivity index (χ1n) is 7.34. The Balaban J connectivity index is 1.55. The first-order chi connectivity index (χ1) is 9.66. The minimum atomic E-state index is -0.128. The maximum Gasteiger partial charge on any atom is 0.261 e. The molecule has 0 radical (unpaired) electrons. The Morgan fingerprint density at radius 3 is 2.40 bits per heavy atom. The maximum atomic E-state index is 12.4. The van der Waals surface area contributed by atoms with Crippen molar-refractivity contribution in [2.75, 3.05) is 13.6 Å². The van der Waals surface area contributed by atoms with E-state index >= 15 is 0 Å². The number of amides is 2. The van der Waals surface area contributed by atoms with Gasteiger partial charge in [-0.25, -0.2) is 0 Å². The molecule has 0 aromatic heterocycles. The van der Waals surface area contributed by atoms with Crippen molar-refractivity contribution in [2.45, 2.75) is 31.3 Å². The Hall–Kier alpha value is -1.68. The van der Waals surface area contributed by atoms with Crippen molar-refractivity contribution < 1.29 is 9.59 Å². The summed E-state index contributed by atoms with van der Waals surface area (Å²) in [6.45, 7) is 0.534. The molecule has 4 nitrogen and oxygen atoms in total. The van der Waals surface area contributed by atoms with Gasteiger partial charge in [-0.05, 0) is 44.4 Å². The highest BCUT2D eigenvalue weighted by Crippen LogP contribution is 2.44. The van der Waals surface area contributed by atoms with Gasteiger partial charge in [0.25, 0.3) is 11.8 Å². The molecule has 0 spiro atoms. The molecule has 1 saturated heterocycles. The van der Waals surface area contributed by atoms with E-state index in [0.29, 0.717) is 29.8 Å². The SMILES string of the molecule is CN1C2CC2CC[C@H]1CN1C(=O)c2ccccc2C1=O. The molecule has 2 fully saturated rings. The van der Waals surface area contributed by atoms with Crippen molar-refractivity contribution in [1.29, 1.82) is 0 Å². The fraction of sp³-hybridized carbons (Fsp3) is 0.500. The summed E-state index contributed by atoms with van der Waals surface area (Å²) in [5.74, 6) is 0.604. The lowest BCUT2D eigenvalue weighted by Crippen LogP contribution is -2.47. The molecule has 2 heterocycles. The number of piperidine rings is 1. The molecule has 1 saturated carbocycles. The third kappa shape index (κ3) is 1.64. The smallest absolute Gasteiger partial charge is 0.261 e. The molecular formula is C16H18N2O2. The van der Waals surface area contributed by atoms with Crippen molar-refractivity contribution in [3.05, 3.63) is 35.4 Å². The highest BCUT2D eigenvalue weighted by molar-refractivity contribution is 6.21. The lowest BCUT2D eigenvalue weighted by molar-refractivity contribution is 0.0570. The second kappa shape index (κ2) is 4.16. The van der Waals surface area contributed by atoms with Crippen molar-refractivity contribution in [1.82, 2.24) is 9.80 Å². The summed E-state index contributed by atoms with van der Waals surface area (Å²) < 4.78 is 0. The van der Waals surface area contributed by atoms with Gasteiger partial charge in [0.1, 0.15) is 0 Å². The van der Waals surface area contributed by atoms with E-state index in [4.69, 9.17) is 0 Å². The zero-order valence-corrected chi connectivity index (χ0v) is 11.6. The zero-order chi connectivity index (χ0) is 13.9. The van der Waals surface area contributed by atoms with Gasteiger partial charge in [-0.1, -0.05) is 12.1 Å². The largest absolute Gasteiger partial charge is 0.298 e. The first-order valence-corrected chi connectivity index (χ1v) is 7.34. The topological polar surface area (TPSA) is 40.6 Å². The number of carbonyl (C=O) groups is 2. The predicted molar refractivity (Wildman–Crippen MR) is 74.5 cm³/mol. The monoisotopic (exact) mass is 270 g/mol. The van der Waals surface area contributed by atoms with E-state index in [1.807, 2.05) is 12.1 Å². The van der Waals surface area contributed by atoms with Gasteiger partial charge in [0, 0.05) is 18.6 Å². The van der Waals surface area contributed by atoms with Gasteiger partial charge in [0.2, 0.25) is 0 Å². The molecule has 1 aromatic carbocycles. The Bertz CT molecular complexity index is 563. The number of carbonyl (C=O) groups excluding carboxylic acids is 2. The molecule has 1 aliphatic carbocycles. The standard InChI is InChI=1S/C16H18N2O2/c1-17-11(7-6-10-8-14(10)17)9-18-15(19)12-4-2-3-5-13(12)16(18)20/h2-5,10-11,14H,6-9H2,1H3/t10?,11-,14?/m0/s1. The van der Waals surface area contributed by atoms with Crippen LogP contribution in [0.3, 0.4) is 0 Å². The van der Waals surface area contributed by atoms with Crippen LogP contribution < -0.4 is 0 Å². The number of fused-ring (bicyclic) bond motifs is 2. The van der Waals surface area contributed by atoms with E-state index in [9.17, 15) is 9.59 Å². The van der Waals surface area contributed by atoms with Gasteiger partial charge in [0.05, 0.1) is 11.1 Å². The molecule has 2 aliphatic heterocycles. The second-order valence-corrected chi connectivity index (χ2v) is 6.23. The van der Waals surface area contributed by atoms with Crippen LogP contribution in [0.1, 0.15) is 40.0 Å². The van der Waals surface area contributed by atoms with Crippen LogP contribution in [0, 0.1) is 5.92 Å². The molecule has 2 amide bonds. The molecule has 1 aromatic rings. The average Bonchev–Trinajstić information content (AvgIpc) is 3.21. The van der Waals surface area contributed by atoms with Crippen LogP contribution >= 0.6 is 0 Å². The summed E-state index contributed by atoms with van der Waals surface area (Å²) in [7, 11) is 2.13. The van der Waals surface area contributed by atoms with Gasteiger partial charge in [-0.2, -0.15) is 0 Å². The second-order valence-electron chi connectivity index (χ2n) is 6.23. The number of benzene rings is 1. The summed E-state index contributed by atoms with van der Waals surface area (Å²) in [6, 6.07) is 8.13. The highest BCUT2D eigenvalue weighted by Gasteiger charge is 2.47. The van der Waals surface area contributed by atoms with E-state index in [2.05, 4.69) is 11.9 Å². The maximum absolute atomic E-state index is 12.4. The normalized spacial score (nSPS) is 32.2. The number of likely N-dealkylation sites (tertiary alicyclic amines) is 1. The van der Waals surface area contributed by atoms with E-state index in [0.717, 1.165) is 12.3 Å². The number of nitrogens with zero attached hydrogens (tertiary/aromatic N) is 2. The van der Waals surface area contributed by atoms with Crippen molar-refractivity contribution in [2.24, 2.45) is 5.92 Å². The van der Waals surface area contributed by atoms with E-state index < -0.39 is 0 Å². The van der Waals surface area contributed by atoms with Crippen LogP contribution in [0.4, 0.5) is 0 Å². The molecule has 2 unspecified atom stereocenters. The van der Waals surface area contributed by atoms with Gasteiger partial charge < -0.3 is 0 Å². The van der Waals surface area contributed by atoms with Crippen molar-refractivity contribution in [3.63, 3.8) is 0 Å². The van der Waals surface area contributed by atoms with Gasteiger partial charge in [0.15, 0.2) is 0 Å². The van der Waals surface area contributed by atoms with Crippen LogP contribution in [0.25, 0.3) is 0 Å². The Morgan fingerprint density at radius 2 is 1.75 bits per heavy atom. The van der Waals surface area contributed by atoms with Gasteiger partial charge in [-0.3, -0.25) is 19.4 Å². The zero-order valence-electron chi connectivity index (χ0n) is 11.6. The molecular weight excluding hydrogens is 252 g/mol. The Labute approximate surface area is 118 Å². The summed E-state index contributed by atoms with van der Waals surface area (Å²) in [5.41, 5.74) is 1.11. The molecule has 20 heavy (non-hydrogen) atoms. The highest BCUT2D eigenvalue weighted by atomic mass is 16.2. The number of imide groups is 1. The van der Waals surface area contributed by atoms with Crippen LogP contribution in [-0.2, 0) is 0 Å². The van der Waals surface area contributed by atoms with Gasteiger partial charge >= 0.3 is 0 Å². The molecule has 0 bridgehead atoms. The van der Waals surface area contributed by atoms with Crippen LogP contribution in [0.15, 0.2) is 24.3 Å². The van der Waals surface area contributed by atoms with E-state index in [1.165, 1.54) is 17.7 Å². The third-order valence-electron chi connectivity index (χ3n) is 5.13. The van der Waals surface area contributed by atoms with E-state index in [-0.39, 0.29) is 11.8 Å². The molecule has 3 aliphatic rings. The molecule has 3 atom stereocenters. The quantitative estimate of drug-likeness (QED) is 0.769. The van der Waals surface area contributed by atoms with E-state index in [1.54, 1.807) is 12.1 Å². The lowest BCUT2D eigenvalue weighted by Gasteiger charge is -2.34. The Morgan fingerprint density at radius 1 is 1.10 bits per heavy atom. The third-order valence-corrected chi connectivity index (χ3v) is 5.13. The fourth-order valence-electron chi connectivity index (χ4n) is 3.76. The number of hydrogen-bond donors (Lipinski definition) is 0. The predicted octanol–water partition coefficient (Wildman–Crippen LogP) is 1.77. The van der Waals surface area contributed by atoms with Crippen molar-refractivity contribution in [3.8, 4) is 0 Å². The molecule has 0 N–H and O–H groups in total. The Kier molecular flexibility index (Phi) is 2.51. The number of likely N-dealkylation sites (N-methyl/N-ethyl adjacent to an activating group) is 1. The lowest BCUT2D eigenvalue weighted by atomic mass is 10.0. The first kappa shape index (κ1) is 12.1. The number of hydrogen-bond acceptors (Lipinski definition) is 3. The van der Waals surface area contributed by atoms with Crippen LogP contribution in [-0.4, -0.2) is 47.3 Å². The summed E-state index contributed by atoms with van der Waals surface area (Å²) in [4.78, 5) is 28.5. The molecule has 104 valence electrons. The summed E-state index contributed by atoms with van der Waals surface area (Å²) in [6.07, 6.45) is 3.61. The minimum absolute atomic E-state index is 0.128. The number of rotatable bonds is 2. The van der Waals surface area contributed by atoms with Crippen LogP contribution in [0.2, 0.25) is 0 Å². The summed E-state index contributed by atoms with van der Waals surface area (Å²) in [5, 5.41) is 0. The average molecular weight is 270 g/mol. The summed E-state index contributed by atoms with van der Waals surface area (Å²) >= 11 is 0.